The first-order chi connectivity index (χ1) is 9.62. The van der Waals surface area contributed by atoms with Crippen LogP contribution in [0.3, 0.4) is 0 Å². The number of ether oxygens (including phenoxy) is 1. The van der Waals surface area contributed by atoms with Crippen molar-refractivity contribution in [1.82, 2.24) is 24.7 Å². The lowest BCUT2D eigenvalue weighted by molar-refractivity contribution is 0.292. The second-order valence-corrected chi connectivity index (χ2v) is 4.54. The smallest absolute Gasteiger partial charge is 0.322 e. The Labute approximate surface area is 122 Å². The van der Waals surface area contributed by atoms with Gasteiger partial charge in [-0.25, -0.2) is 0 Å². The number of nitrogens with one attached hydrogen (secondary N) is 1. The summed E-state index contributed by atoms with van der Waals surface area (Å²) in [6.07, 6.45) is 3.54. The van der Waals surface area contributed by atoms with Crippen molar-refractivity contribution in [1.29, 1.82) is 0 Å². The summed E-state index contributed by atoms with van der Waals surface area (Å²) >= 11 is 5.87. The van der Waals surface area contributed by atoms with E-state index in [1.54, 1.807) is 4.68 Å². The second kappa shape index (κ2) is 6.51. The third-order valence-electron chi connectivity index (χ3n) is 2.51. The largest absolute Gasteiger partial charge is 0.463 e. The van der Waals surface area contributed by atoms with Crippen LogP contribution in [0.5, 0.6) is 6.01 Å². The number of nitrogens with zero attached hydrogens (tertiary/aromatic N) is 5. The number of aromatic nitrogens is 5. The van der Waals surface area contributed by atoms with Crippen LogP contribution in [0.25, 0.3) is 0 Å². The molecule has 0 spiro atoms. The summed E-state index contributed by atoms with van der Waals surface area (Å²) in [5, 5.41) is 7.52. The quantitative estimate of drug-likeness (QED) is 0.881. The molecule has 0 atom stereocenters. The van der Waals surface area contributed by atoms with Gasteiger partial charge >= 0.3 is 6.01 Å². The minimum Gasteiger partial charge on any atom is -0.463 e. The third kappa shape index (κ3) is 3.57. The molecule has 7 nitrogen and oxygen atoms in total. The number of hydrogen-bond donors (Lipinski definition) is 1. The summed E-state index contributed by atoms with van der Waals surface area (Å²) in [7, 11) is 1.86. The molecule has 0 aromatic carbocycles. The van der Waals surface area contributed by atoms with Gasteiger partial charge in [0.25, 0.3) is 0 Å². The van der Waals surface area contributed by atoms with Gasteiger partial charge in [-0.15, -0.1) is 0 Å². The van der Waals surface area contributed by atoms with E-state index in [2.05, 4.69) is 25.4 Å². The first-order valence-corrected chi connectivity index (χ1v) is 6.84. The van der Waals surface area contributed by atoms with Gasteiger partial charge in [0.05, 0.1) is 18.0 Å². The van der Waals surface area contributed by atoms with Crippen molar-refractivity contribution in [2.24, 2.45) is 7.05 Å². The van der Waals surface area contributed by atoms with Crippen LogP contribution in [0, 0.1) is 0 Å². The van der Waals surface area contributed by atoms with E-state index in [1.807, 2.05) is 27.1 Å². The zero-order chi connectivity index (χ0) is 14.5. The van der Waals surface area contributed by atoms with Gasteiger partial charge in [0, 0.05) is 13.2 Å². The zero-order valence-electron chi connectivity index (χ0n) is 11.7. The van der Waals surface area contributed by atoms with Crippen LogP contribution in [-0.2, 0) is 13.5 Å². The van der Waals surface area contributed by atoms with E-state index in [1.165, 1.54) is 0 Å². The van der Waals surface area contributed by atoms with Crippen molar-refractivity contribution in [2.45, 2.75) is 26.7 Å². The number of hydrogen-bond acceptors (Lipinski definition) is 6. The summed E-state index contributed by atoms with van der Waals surface area (Å²) in [4.78, 5) is 12.1. The van der Waals surface area contributed by atoms with Gasteiger partial charge in [0.15, 0.2) is 0 Å². The summed E-state index contributed by atoms with van der Waals surface area (Å²) in [6, 6.07) is 0.219. The highest BCUT2D eigenvalue weighted by molar-refractivity contribution is 6.28. The van der Waals surface area contributed by atoms with Crippen molar-refractivity contribution >= 4 is 23.2 Å². The van der Waals surface area contributed by atoms with Gasteiger partial charge < -0.3 is 10.1 Å². The highest BCUT2D eigenvalue weighted by atomic mass is 35.5. The summed E-state index contributed by atoms with van der Waals surface area (Å²) in [5.41, 5.74) is 1.78. The lowest BCUT2D eigenvalue weighted by Crippen LogP contribution is -2.05. The average Bonchev–Trinajstić information content (AvgIpc) is 2.75. The number of anilines is 2. The Morgan fingerprint density at radius 1 is 1.30 bits per heavy atom. The normalized spacial score (nSPS) is 10.6. The minimum absolute atomic E-state index is 0.0931. The molecular formula is C12H17ClN6O. The zero-order valence-corrected chi connectivity index (χ0v) is 12.5. The van der Waals surface area contributed by atoms with E-state index >= 15 is 0 Å². The maximum Gasteiger partial charge on any atom is 0.322 e. The molecule has 0 aliphatic heterocycles. The van der Waals surface area contributed by atoms with Crippen molar-refractivity contribution in [3.63, 3.8) is 0 Å². The molecule has 0 amide bonds. The Balaban J connectivity index is 2.21. The maximum atomic E-state index is 5.87. The molecule has 2 heterocycles. The van der Waals surface area contributed by atoms with Gasteiger partial charge in [-0.2, -0.15) is 20.1 Å². The number of halogens is 1. The van der Waals surface area contributed by atoms with Gasteiger partial charge in [-0.1, -0.05) is 13.8 Å². The Bertz CT molecular complexity index is 585. The molecule has 0 unspecified atom stereocenters. The fourth-order valence-corrected chi connectivity index (χ4v) is 1.82. The summed E-state index contributed by atoms with van der Waals surface area (Å²) in [5.74, 6) is 0.346. The number of rotatable bonds is 6. The van der Waals surface area contributed by atoms with Gasteiger partial charge in [0.1, 0.15) is 0 Å². The molecule has 0 bridgehead atoms. The van der Waals surface area contributed by atoms with E-state index in [9.17, 15) is 0 Å². The van der Waals surface area contributed by atoms with E-state index in [4.69, 9.17) is 16.3 Å². The van der Waals surface area contributed by atoms with Crippen molar-refractivity contribution in [2.75, 3.05) is 11.9 Å². The molecule has 2 aromatic heterocycles. The topological polar surface area (TPSA) is 77.8 Å². The molecule has 0 aliphatic carbocycles. The molecule has 20 heavy (non-hydrogen) atoms. The first kappa shape index (κ1) is 14.5. The highest BCUT2D eigenvalue weighted by Gasteiger charge is 2.10. The maximum absolute atomic E-state index is 5.87. The molecular weight excluding hydrogens is 280 g/mol. The monoisotopic (exact) mass is 296 g/mol. The van der Waals surface area contributed by atoms with Crippen molar-refractivity contribution < 1.29 is 4.74 Å². The van der Waals surface area contributed by atoms with Crippen LogP contribution in [-0.4, -0.2) is 31.3 Å². The Kier molecular flexibility index (Phi) is 4.73. The van der Waals surface area contributed by atoms with E-state index < -0.39 is 0 Å². The highest BCUT2D eigenvalue weighted by Crippen LogP contribution is 2.20. The van der Waals surface area contributed by atoms with Crippen LogP contribution in [0.2, 0.25) is 5.28 Å². The Morgan fingerprint density at radius 3 is 2.80 bits per heavy atom. The molecule has 108 valence electrons. The Hall–Kier alpha value is -1.89. The molecule has 0 aliphatic rings. The third-order valence-corrected chi connectivity index (χ3v) is 2.68. The van der Waals surface area contributed by atoms with Gasteiger partial charge in [0.2, 0.25) is 11.2 Å². The summed E-state index contributed by atoms with van der Waals surface area (Å²) < 4.78 is 7.10. The fourth-order valence-electron chi connectivity index (χ4n) is 1.67. The van der Waals surface area contributed by atoms with Crippen LogP contribution < -0.4 is 10.1 Å². The van der Waals surface area contributed by atoms with Crippen molar-refractivity contribution in [3.05, 3.63) is 17.2 Å². The standard InChI is InChI=1S/C12H17ClN6O/c1-4-6-20-12-16-10(13)15-11(17-12)14-9-7-19(3)18-8(9)5-2/h7H,4-6H2,1-3H3,(H,14,15,16,17). The molecule has 8 heteroatoms. The first-order valence-electron chi connectivity index (χ1n) is 6.46. The molecule has 1 N–H and O–H groups in total. The Morgan fingerprint density at radius 2 is 2.10 bits per heavy atom. The van der Waals surface area contributed by atoms with Crippen LogP contribution in [0.15, 0.2) is 6.20 Å². The van der Waals surface area contributed by atoms with Crippen LogP contribution >= 0.6 is 11.6 Å². The lowest BCUT2D eigenvalue weighted by Gasteiger charge is -2.06. The van der Waals surface area contributed by atoms with Crippen molar-refractivity contribution in [3.8, 4) is 6.01 Å². The predicted molar refractivity (Wildman–Crippen MR) is 76.5 cm³/mol. The molecule has 0 radical (unpaired) electrons. The molecule has 0 saturated carbocycles. The lowest BCUT2D eigenvalue weighted by atomic mass is 10.3. The van der Waals surface area contributed by atoms with Crippen LogP contribution in [0.4, 0.5) is 11.6 Å². The van der Waals surface area contributed by atoms with E-state index in [0.717, 1.165) is 24.2 Å². The van der Waals surface area contributed by atoms with Crippen LogP contribution in [0.1, 0.15) is 26.0 Å². The number of aryl methyl sites for hydroxylation is 2. The fraction of sp³-hybridized carbons (Fsp3) is 0.500. The molecule has 0 fully saturated rings. The summed E-state index contributed by atoms with van der Waals surface area (Å²) in [6.45, 7) is 4.57. The van der Waals surface area contributed by atoms with Gasteiger partial charge in [-0.3, -0.25) is 4.68 Å². The second-order valence-electron chi connectivity index (χ2n) is 4.20. The predicted octanol–water partition coefficient (Wildman–Crippen LogP) is 2.35. The molecule has 2 rings (SSSR count). The molecule has 2 aromatic rings. The van der Waals surface area contributed by atoms with Gasteiger partial charge in [-0.05, 0) is 24.4 Å². The molecule has 0 saturated heterocycles. The average molecular weight is 297 g/mol. The van der Waals surface area contributed by atoms with E-state index in [0.29, 0.717) is 12.6 Å². The SMILES string of the molecule is CCCOc1nc(Cl)nc(Nc2cn(C)nc2CC)n1. The minimum atomic E-state index is 0.0931. The van der Waals surface area contributed by atoms with E-state index in [-0.39, 0.29) is 11.3 Å².